The highest BCUT2D eigenvalue weighted by molar-refractivity contribution is 5.98. The van der Waals surface area contributed by atoms with Gasteiger partial charge in [-0.05, 0) is 18.2 Å². The van der Waals surface area contributed by atoms with Crippen molar-refractivity contribution in [3.63, 3.8) is 0 Å². The minimum absolute atomic E-state index is 0.168. The van der Waals surface area contributed by atoms with E-state index >= 15 is 0 Å². The van der Waals surface area contributed by atoms with Crippen LogP contribution in [0.25, 0.3) is 21.7 Å². The van der Waals surface area contributed by atoms with E-state index in [4.69, 9.17) is 4.74 Å². The van der Waals surface area contributed by atoms with Crippen molar-refractivity contribution in [3.05, 3.63) is 76.3 Å². The van der Waals surface area contributed by atoms with Crippen LogP contribution in [0.3, 0.4) is 0 Å². The van der Waals surface area contributed by atoms with E-state index in [9.17, 15) is 9.59 Å². The van der Waals surface area contributed by atoms with E-state index in [1.807, 2.05) is 48.5 Å². The first-order valence-corrected chi connectivity index (χ1v) is 9.01. The molecule has 0 saturated heterocycles. The Kier molecular flexibility index (Phi) is 4.90. The predicted octanol–water partition coefficient (Wildman–Crippen LogP) is 2.45. The second-order valence-corrected chi connectivity index (χ2v) is 6.47. The van der Waals surface area contributed by atoms with E-state index in [1.54, 1.807) is 13.2 Å². The smallest absolute Gasteiger partial charge is 0.274 e. The Morgan fingerprint density at radius 2 is 1.89 bits per heavy atom. The standard InChI is InChI=1S/C21H20N4O3/c1-28-11-10-25-21(27)16-8-4-3-7-15(16)19(24-25)13-22-20(26)18-12-14-6-2-5-9-17(14)23-18/h2-9,12,23H,10-11,13H2,1H3,(H,22,26). The largest absolute Gasteiger partial charge is 0.383 e. The molecule has 7 heteroatoms. The molecule has 0 aliphatic rings. The van der Waals surface area contributed by atoms with Crippen molar-refractivity contribution in [1.82, 2.24) is 20.1 Å². The zero-order valence-electron chi connectivity index (χ0n) is 15.4. The number of carbonyl (C=O) groups excluding carboxylic acids is 1. The lowest BCUT2D eigenvalue weighted by atomic mass is 10.1. The van der Waals surface area contributed by atoms with Crippen LogP contribution in [0.4, 0.5) is 0 Å². The average Bonchev–Trinajstić information content (AvgIpc) is 3.17. The molecule has 0 spiro atoms. The SMILES string of the molecule is COCCn1nc(CNC(=O)c2cc3ccccc3[nH]2)c2ccccc2c1=O. The molecule has 2 N–H and O–H groups in total. The topological polar surface area (TPSA) is 89.0 Å². The van der Waals surface area contributed by atoms with Gasteiger partial charge in [-0.2, -0.15) is 5.10 Å². The highest BCUT2D eigenvalue weighted by Gasteiger charge is 2.13. The van der Waals surface area contributed by atoms with Gasteiger partial charge in [0, 0.05) is 23.4 Å². The summed E-state index contributed by atoms with van der Waals surface area (Å²) in [6.07, 6.45) is 0. The first-order valence-electron chi connectivity index (χ1n) is 9.01. The Hall–Kier alpha value is -3.45. The summed E-state index contributed by atoms with van der Waals surface area (Å²) in [5.74, 6) is -0.225. The average molecular weight is 376 g/mol. The van der Waals surface area contributed by atoms with Crippen molar-refractivity contribution < 1.29 is 9.53 Å². The molecule has 1 amide bonds. The highest BCUT2D eigenvalue weighted by Crippen LogP contribution is 2.16. The van der Waals surface area contributed by atoms with Crippen molar-refractivity contribution >= 4 is 27.6 Å². The van der Waals surface area contributed by atoms with Gasteiger partial charge in [0.25, 0.3) is 11.5 Å². The summed E-state index contributed by atoms with van der Waals surface area (Å²) in [5, 5.41) is 9.62. The maximum atomic E-state index is 12.6. The summed E-state index contributed by atoms with van der Waals surface area (Å²) in [5.41, 5.74) is 1.86. The number of aromatic amines is 1. The number of carbonyl (C=O) groups is 1. The van der Waals surface area contributed by atoms with Crippen LogP contribution in [-0.2, 0) is 17.8 Å². The summed E-state index contributed by atoms with van der Waals surface area (Å²) >= 11 is 0. The van der Waals surface area contributed by atoms with Crippen molar-refractivity contribution in [2.45, 2.75) is 13.1 Å². The van der Waals surface area contributed by atoms with Crippen LogP contribution < -0.4 is 10.9 Å². The number of fused-ring (bicyclic) bond motifs is 2. The third-order valence-corrected chi connectivity index (χ3v) is 4.64. The van der Waals surface area contributed by atoms with Gasteiger partial charge in [-0.15, -0.1) is 0 Å². The molecule has 0 aliphatic carbocycles. The number of amides is 1. The molecule has 2 aromatic carbocycles. The second kappa shape index (κ2) is 7.66. The number of rotatable bonds is 6. The maximum absolute atomic E-state index is 12.6. The fourth-order valence-corrected chi connectivity index (χ4v) is 3.22. The lowest BCUT2D eigenvalue weighted by Crippen LogP contribution is -2.29. The molecule has 0 atom stereocenters. The first-order chi connectivity index (χ1) is 13.7. The molecule has 7 nitrogen and oxygen atoms in total. The van der Waals surface area contributed by atoms with Gasteiger partial charge in [-0.3, -0.25) is 9.59 Å². The molecule has 4 aromatic rings. The second-order valence-electron chi connectivity index (χ2n) is 6.47. The van der Waals surface area contributed by atoms with Gasteiger partial charge in [0.2, 0.25) is 0 Å². The molecule has 0 radical (unpaired) electrons. The van der Waals surface area contributed by atoms with Crippen LogP contribution in [0.5, 0.6) is 0 Å². The van der Waals surface area contributed by atoms with Crippen molar-refractivity contribution in [2.75, 3.05) is 13.7 Å². The van der Waals surface area contributed by atoms with Crippen LogP contribution in [0, 0.1) is 0 Å². The number of nitrogens with one attached hydrogen (secondary N) is 2. The summed E-state index contributed by atoms with van der Waals surface area (Å²) in [4.78, 5) is 28.3. The van der Waals surface area contributed by atoms with E-state index in [2.05, 4.69) is 15.4 Å². The minimum Gasteiger partial charge on any atom is -0.383 e. The molecule has 4 rings (SSSR count). The van der Waals surface area contributed by atoms with Crippen LogP contribution in [-0.4, -0.2) is 34.4 Å². The van der Waals surface area contributed by atoms with Crippen LogP contribution >= 0.6 is 0 Å². The van der Waals surface area contributed by atoms with Crippen molar-refractivity contribution in [2.24, 2.45) is 0 Å². The molecular weight excluding hydrogens is 356 g/mol. The van der Waals surface area contributed by atoms with Crippen molar-refractivity contribution in [3.8, 4) is 0 Å². The van der Waals surface area contributed by atoms with Gasteiger partial charge >= 0.3 is 0 Å². The normalized spacial score (nSPS) is 11.2. The van der Waals surface area contributed by atoms with Crippen LogP contribution in [0.1, 0.15) is 16.2 Å². The Labute approximate surface area is 160 Å². The molecule has 0 aliphatic heterocycles. The minimum atomic E-state index is -0.225. The highest BCUT2D eigenvalue weighted by atomic mass is 16.5. The molecule has 2 aromatic heterocycles. The van der Waals surface area contributed by atoms with Crippen LogP contribution in [0.2, 0.25) is 0 Å². The molecule has 0 unspecified atom stereocenters. The lowest BCUT2D eigenvalue weighted by molar-refractivity contribution is 0.0946. The molecule has 2 heterocycles. The number of nitrogens with zero attached hydrogens (tertiary/aromatic N) is 2. The van der Waals surface area contributed by atoms with Gasteiger partial charge in [-0.1, -0.05) is 36.4 Å². The zero-order valence-corrected chi connectivity index (χ0v) is 15.4. The molecule has 0 bridgehead atoms. The van der Waals surface area contributed by atoms with Gasteiger partial charge in [0.1, 0.15) is 5.69 Å². The summed E-state index contributed by atoms with van der Waals surface area (Å²) < 4.78 is 6.45. The number of para-hydroxylation sites is 1. The molecular formula is C21H20N4O3. The maximum Gasteiger partial charge on any atom is 0.274 e. The fraction of sp³-hybridized carbons (Fsp3) is 0.190. The van der Waals surface area contributed by atoms with Gasteiger partial charge in [0.05, 0.1) is 30.8 Å². The molecule has 0 saturated carbocycles. The molecule has 28 heavy (non-hydrogen) atoms. The summed E-state index contributed by atoms with van der Waals surface area (Å²) in [6, 6.07) is 16.8. The third-order valence-electron chi connectivity index (χ3n) is 4.64. The van der Waals surface area contributed by atoms with Gasteiger partial charge in [0.15, 0.2) is 0 Å². The van der Waals surface area contributed by atoms with Crippen LogP contribution in [0.15, 0.2) is 59.4 Å². The Morgan fingerprint density at radius 1 is 1.14 bits per heavy atom. The zero-order chi connectivity index (χ0) is 19.5. The monoisotopic (exact) mass is 376 g/mol. The first kappa shape index (κ1) is 17.9. The Morgan fingerprint density at radius 3 is 2.68 bits per heavy atom. The number of H-pyrrole nitrogens is 1. The summed E-state index contributed by atoms with van der Waals surface area (Å²) in [6.45, 7) is 0.942. The Balaban J connectivity index is 1.62. The number of hydrogen-bond acceptors (Lipinski definition) is 4. The van der Waals surface area contributed by atoms with Gasteiger partial charge < -0.3 is 15.0 Å². The van der Waals surface area contributed by atoms with Gasteiger partial charge in [-0.25, -0.2) is 4.68 Å². The quantitative estimate of drug-likeness (QED) is 0.541. The molecule has 0 fully saturated rings. The van der Waals surface area contributed by atoms with E-state index in [-0.39, 0.29) is 18.0 Å². The number of benzene rings is 2. The van der Waals surface area contributed by atoms with E-state index in [0.29, 0.717) is 29.9 Å². The summed E-state index contributed by atoms with van der Waals surface area (Å²) in [7, 11) is 1.58. The number of methoxy groups -OCH3 is 1. The third kappa shape index (κ3) is 3.39. The Bertz CT molecular complexity index is 1180. The van der Waals surface area contributed by atoms with Crippen molar-refractivity contribution in [1.29, 1.82) is 0 Å². The van der Waals surface area contributed by atoms with E-state index in [0.717, 1.165) is 16.3 Å². The van der Waals surface area contributed by atoms with E-state index < -0.39 is 0 Å². The number of hydrogen-bond donors (Lipinski definition) is 2. The van der Waals surface area contributed by atoms with E-state index in [1.165, 1.54) is 4.68 Å². The predicted molar refractivity (Wildman–Crippen MR) is 107 cm³/mol. The lowest BCUT2D eigenvalue weighted by Gasteiger charge is -2.11. The molecule has 142 valence electrons. The number of ether oxygens (including phenoxy) is 1. The number of aromatic nitrogens is 3. The fourth-order valence-electron chi connectivity index (χ4n) is 3.22.